The van der Waals surface area contributed by atoms with Crippen LogP contribution in [0.25, 0.3) is 0 Å². The van der Waals surface area contributed by atoms with Crippen LogP contribution in [0.4, 0.5) is 11.4 Å². The zero-order chi connectivity index (χ0) is 36.5. The maximum Gasteiger partial charge on any atom is 0.211 e. The minimum absolute atomic E-state index is 0.0381. The summed E-state index contributed by atoms with van der Waals surface area (Å²) in [5, 5.41) is 51.3. The molecule has 8 N–H and O–H groups in total. The van der Waals surface area contributed by atoms with Gasteiger partial charge in [-0.15, -0.1) is 0 Å². The number of methoxy groups -OCH3 is 2. The second-order valence-electron chi connectivity index (χ2n) is 11.8. The molecule has 4 aromatic rings. The third-order valence-corrected chi connectivity index (χ3v) is 7.96. The molecule has 4 aromatic carbocycles. The molecule has 4 atom stereocenters. The van der Waals surface area contributed by atoms with E-state index in [1.54, 1.807) is 38.5 Å². The number of aromatic hydroxyl groups is 2. The maximum absolute atomic E-state index is 10.5. The number of hydrogen-bond donors (Lipinski definition) is 8. The minimum Gasteiger partial charge on any atom is -0.506 e. The van der Waals surface area contributed by atoms with Crippen LogP contribution in [0, 0.1) is 0 Å². The fourth-order valence-electron chi connectivity index (χ4n) is 5.12. The Labute approximate surface area is 293 Å². The molecule has 0 heterocycles. The lowest BCUT2D eigenvalue weighted by atomic mass is 10.1. The van der Waals surface area contributed by atoms with E-state index in [0.29, 0.717) is 37.0 Å². The number of carbonyl (C=O) groups excluding carboxylic acids is 2. The van der Waals surface area contributed by atoms with Gasteiger partial charge in [-0.3, -0.25) is 9.59 Å². The number of aliphatic hydroxyl groups is 2. The van der Waals surface area contributed by atoms with Crippen molar-refractivity contribution in [3.8, 4) is 23.0 Å². The van der Waals surface area contributed by atoms with Crippen molar-refractivity contribution in [2.75, 3.05) is 37.9 Å². The van der Waals surface area contributed by atoms with Crippen molar-refractivity contribution in [1.29, 1.82) is 0 Å². The lowest BCUT2D eigenvalue weighted by molar-refractivity contribution is -0.106. The van der Waals surface area contributed by atoms with Crippen molar-refractivity contribution in [3.63, 3.8) is 0 Å². The van der Waals surface area contributed by atoms with Gasteiger partial charge in [-0.2, -0.15) is 0 Å². The fraction of sp³-hybridized carbons (Fsp3) is 0.316. The number of ether oxygens (including phenoxy) is 2. The SMILES string of the molecule is COc1ccc(CC(C)NCC(O)c2ccc(O)c(NC=O)c2)cc1.COc1ccc(C[C@@H](C)NC[C@H](O)c2ccc(O)c(NC=O)c2)cc1. The Morgan fingerprint density at radius 2 is 0.960 bits per heavy atom. The molecule has 0 saturated heterocycles. The average molecular weight is 689 g/mol. The first-order valence-electron chi connectivity index (χ1n) is 16.2. The molecular weight excluding hydrogens is 640 g/mol. The van der Waals surface area contributed by atoms with Crippen LogP contribution in [-0.4, -0.2) is 72.6 Å². The van der Waals surface area contributed by atoms with Gasteiger partial charge in [0.15, 0.2) is 0 Å². The third-order valence-electron chi connectivity index (χ3n) is 7.96. The first-order chi connectivity index (χ1) is 24.1. The molecule has 268 valence electrons. The maximum atomic E-state index is 10.5. The number of phenols is 2. The van der Waals surface area contributed by atoms with E-state index in [2.05, 4.69) is 21.3 Å². The number of hydrogen-bond acceptors (Lipinski definition) is 10. The van der Waals surface area contributed by atoms with Gasteiger partial charge in [-0.05, 0) is 97.5 Å². The van der Waals surface area contributed by atoms with Crippen LogP contribution in [0.5, 0.6) is 23.0 Å². The monoisotopic (exact) mass is 688 g/mol. The standard InChI is InChI=1S/2C19H24N2O4/c2*1-13(9-14-3-6-16(25-2)7-4-14)20-11-19(24)15-5-8-18(23)17(10-15)21-12-22/h2*3-8,10,12-13,19-20,23-24H,9,11H2,1-2H3,(H,21,22)/t13-,19+;/m1./s1. The van der Waals surface area contributed by atoms with E-state index in [4.69, 9.17) is 9.47 Å². The van der Waals surface area contributed by atoms with Gasteiger partial charge >= 0.3 is 0 Å². The average Bonchev–Trinajstić information content (AvgIpc) is 3.12. The Bertz CT molecular complexity index is 1500. The van der Waals surface area contributed by atoms with E-state index < -0.39 is 12.2 Å². The van der Waals surface area contributed by atoms with Gasteiger partial charge in [0.1, 0.15) is 23.0 Å². The van der Waals surface area contributed by atoms with E-state index in [1.165, 1.54) is 23.3 Å². The number of amides is 2. The second-order valence-corrected chi connectivity index (χ2v) is 11.8. The van der Waals surface area contributed by atoms with Gasteiger partial charge in [0.2, 0.25) is 12.8 Å². The fourth-order valence-corrected chi connectivity index (χ4v) is 5.12. The van der Waals surface area contributed by atoms with Crippen molar-refractivity contribution < 1.29 is 39.5 Å². The van der Waals surface area contributed by atoms with Crippen molar-refractivity contribution in [2.45, 2.75) is 51.0 Å². The minimum atomic E-state index is -0.744. The van der Waals surface area contributed by atoms with Gasteiger partial charge in [0, 0.05) is 25.2 Å². The van der Waals surface area contributed by atoms with Crippen molar-refractivity contribution >= 4 is 24.2 Å². The molecule has 0 spiro atoms. The van der Waals surface area contributed by atoms with E-state index >= 15 is 0 Å². The quantitative estimate of drug-likeness (QED) is 0.0550. The molecule has 2 unspecified atom stereocenters. The number of benzene rings is 4. The van der Waals surface area contributed by atoms with Crippen LogP contribution in [0.15, 0.2) is 84.9 Å². The number of anilines is 2. The number of rotatable bonds is 18. The highest BCUT2D eigenvalue weighted by molar-refractivity contribution is 5.76. The lowest BCUT2D eigenvalue weighted by Crippen LogP contribution is -2.32. The summed E-state index contributed by atoms with van der Waals surface area (Å²) < 4.78 is 10.3. The third kappa shape index (κ3) is 12.7. The Kier molecular flexibility index (Phi) is 16.0. The molecule has 0 radical (unpaired) electrons. The molecule has 4 rings (SSSR count). The molecule has 0 bridgehead atoms. The first-order valence-corrected chi connectivity index (χ1v) is 16.2. The summed E-state index contributed by atoms with van der Waals surface area (Å²) in [7, 11) is 3.28. The summed E-state index contributed by atoms with van der Waals surface area (Å²) in [4.78, 5) is 21.1. The van der Waals surface area contributed by atoms with Crippen LogP contribution in [0.2, 0.25) is 0 Å². The number of aliphatic hydroxyl groups excluding tert-OH is 2. The van der Waals surface area contributed by atoms with E-state index in [9.17, 15) is 30.0 Å². The van der Waals surface area contributed by atoms with Gasteiger partial charge in [0.05, 0.1) is 37.8 Å². The van der Waals surface area contributed by atoms with Crippen LogP contribution in [-0.2, 0) is 22.4 Å². The van der Waals surface area contributed by atoms with Crippen molar-refractivity contribution in [2.24, 2.45) is 0 Å². The van der Waals surface area contributed by atoms with E-state index in [0.717, 1.165) is 24.3 Å². The number of phenolic OH excluding ortho intramolecular Hbond substituents is 2. The summed E-state index contributed by atoms with van der Waals surface area (Å²) in [6.45, 7) is 4.82. The molecule has 0 saturated carbocycles. The molecule has 2 amide bonds. The van der Waals surface area contributed by atoms with Crippen LogP contribution in [0.3, 0.4) is 0 Å². The smallest absolute Gasteiger partial charge is 0.211 e. The first kappa shape index (κ1) is 39.3. The Morgan fingerprint density at radius 1 is 0.600 bits per heavy atom. The van der Waals surface area contributed by atoms with Gasteiger partial charge < -0.3 is 51.2 Å². The molecule has 12 nitrogen and oxygen atoms in total. The number of carbonyl (C=O) groups is 2. The normalized spacial score (nSPS) is 13.1. The van der Waals surface area contributed by atoms with Crippen LogP contribution in [0.1, 0.15) is 48.3 Å². The molecule has 0 aliphatic heterocycles. The zero-order valence-electron chi connectivity index (χ0n) is 28.8. The predicted molar refractivity (Wildman–Crippen MR) is 194 cm³/mol. The molecule has 0 aliphatic rings. The van der Waals surface area contributed by atoms with Crippen LogP contribution >= 0.6 is 0 Å². The highest BCUT2D eigenvalue weighted by Crippen LogP contribution is 2.28. The highest BCUT2D eigenvalue weighted by Gasteiger charge is 2.14. The van der Waals surface area contributed by atoms with Gasteiger partial charge in [-0.1, -0.05) is 36.4 Å². The van der Waals surface area contributed by atoms with E-state index in [1.807, 2.05) is 62.4 Å². The number of nitrogens with one attached hydrogen (secondary N) is 4. The Morgan fingerprint density at radius 3 is 1.28 bits per heavy atom. The highest BCUT2D eigenvalue weighted by atomic mass is 16.5. The molecule has 0 fully saturated rings. The van der Waals surface area contributed by atoms with Crippen molar-refractivity contribution in [1.82, 2.24) is 10.6 Å². The topological polar surface area (TPSA) is 182 Å². The predicted octanol–water partition coefficient (Wildman–Crippen LogP) is 4.45. The van der Waals surface area contributed by atoms with Crippen LogP contribution < -0.4 is 30.7 Å². The van der Waals surface area contributed by atoms with E-state index in [-0.39, 0.29) is 35.0 Å². The lowest BCUT2D eigenvalue weighted by Gasteiger charge is -2.18. The summed E-state index contributed by atoms with van der Waals surface area (Å²) >= 11 is 0. The second kappa shape index (κ2) is 20.4. The molecular formula is C38H48N4O8. The van der Waals surface area contributed by atoms with Gasteiger partial charge in [0.25, 0.3) is 0 Å². The largest absolute Gasteiger partial charge is 0.506 e. The summed E-state index contributed by atoms with van der Waals surface area (Å²) in [5.41, 5.74) is 4.14. The summed E-state index contributed by atoms with van der Waals surface area (Å²) in [6.07, 6.45) is 1.13. The molecule has 0 aliphatic carbocycles. The molecule has 0 aromatic heterocycles. The van der Waals surface area contributed by atoms with Gasteiger partial charge in [-0.25, -0.2) is 0 Å². The summed E-state index contributed by atoms with van der Waals surface area (Å²) in [6, 6.07) is 25.4. The Balaban J connectivity index is 0.000000270. The molecule has 50 heavy (non-hydrogen) atoms. The Hall–Kier alpha value is -5.14. The van der Waals surface area contributed by atoms with Crippen molar-refractivity contribution in [3.05, 3.63) is 107 Å². The zero-order valence-corrected chi connectivity index (χ0v) is 28.8. The summed E-state index contributed by atoms with van der Waals surface area (Å²) in [5.74, 6) is 1.58. The molecule has 12 heteroatoms.